The van der Waals surface area contributed by atoms with Crippen molar-refractivity contribution in [2.24, 2.45) is 0 Å². The summed E-state index contributed by atoms with van der Waals surface area (Å²) < 4.78 is 20.0. The van der Waals surface area contributed by atoms with Gasteiger partial charge in [0.15, 0.2) is 0 Å². The van der Waals surface area contributed by atoms with Gasteiger partial charge in [-0.05, 0) is 67.6 Å². The third-order valence-electron chi connectivity index (χ3n) is 8.77. The van der Waals surface area contributed by atoms with Gasteiger partial charge in [0.2, 0.25) is 17.7 Å². The van der Waals surface area contributed by atoms with Crippen LogP contribution in [-0.4, -0.2) is 83.9 Å². The number of nitro groups is 1. The highest BCUT2D eigenvalue weighted by Gasteiger charge is 2.29. The number of aromatic amines is 1. The Hall–Kier alpha value is -7.70. The van der Waals surface area contributed by atoms with Crippen molar-refractivity contribution in [3.05, 3.63) is 126 Å². The Labute approximate surface area is 350 Å². The molecular weight excluding hydrogens is 794 g/mol. The van der Waals surface area contributed by atoms with Crippen molar-refractivity contribution in [2.75, 3.05) is 25.1 Å². The van der Waals surface area contributed by atoms with E-state index < -0.39 is 59.1 Å². The Balaban J connectivity index is 1.45. The number of hydrogen-bond acceptors (Lipinski definition) is 12. The molecule has 19 heteroatoms. The first-order chi connectivity index (χ1) is 29.4. The van der Waals surface area contributed by atoms with E-state index in [-0.39, 0.29) is 50.6 Å². The zero-order valence-electron chi connectivity index (χ0n) is 33.3. The molecular formula is C42H47N7O12. The Morgan fingerprint density at radius 1 is 0.787 bits per heavy atom. The zero-order valence-corrected chi connectivity index (χ0v) is 33.3. The molecule has 6 N–H and O–H groups in total. The Morgan fingerprint density at radius 3 is 2.15 bits per heavy atom. The molecule has 0 saturated carbocycles. The predicted octanol–water partition coefficient (Wildman–Crippen LogP) is 5.33. The van der Waals surface area contributed by atoms with Crippen LogP contribution in [0.25, 0.3) is 10.9 Å². The molecule has 0 aliphatic carbocycles. The number of anilines is 1. The third kappa shape index (κ3) is 15.2. The lowest BCUT2D eigenvalue weighted by atomic mass is 10.0. The lowest BCUT2D eigenvalue weighted by Crippen LogP contribution is -2.56. The first-order valence-corrected chi connectivity index (χ1v) is 19.1. The van der Waals surface area contributed by atoms with E-state index in [0.717, 1.165) is 10.9 Å². The Bertz CT molecular complexity index is 2170. The first kappa shape index (κ1) is 46.0. The van der Waals surface area contributed by atoms with E-state index in [1.165, 1.54) is 43.3 Å². The normalized spacial score (nSPS) is 12.0. The van der Waals surface area contributed by atoms with Gasteiger partial charge in [-0.25, -0.2) is 14.4 Å². The van der Waals surface area contributed by atoms with Gasteiger partial charge in [0.1, 0.15) is 43.7 Å². The average Bonchev–Trinajstić information content (AvgIpc) is 3.66. The van der Waals surface area contributed by atoms with Crippen LogP contribution in [0.2, 0.25) is 0 Å². The molecule has 322 valence electrons. The van der Waals surface area contributed by atoms with Gasteiger partial charge in [-0.1, -0.05) is 55.6 Å². The number of non-ortho nitro benzene ring substituents is 1. The van der Waals surface area contributed by atoms with Crippen LogP contribution in [0.1, 0.15) is 37.3 Å². The minimum atomic E-state index is -1.21. The van der Waals surface area contributed by atoms with E-state index in [1.54, 1.807) is 30.5 Å². The number of nitrogens with zero attached hydrogens (tertiary/aromatic N) is 1. The smallest absolute Gasteiger partial charge is 0.445 e. The van der Waals surface area contributed by atoms with Crippen molar-refractivity contribution < 1.29 is 52.6 Å². The predicted molar refractivity (Wildman–Crippen MR) is 222 cm³/mol. The molecule has 1 heterocycles. The molecule has 0 unspecified atom stereocenters. The van der Waals surface area contributed by atoms with Crippen molar-refractivity contribution in [1.29, 1.82) is 0 Å². The van der Waals surface area contributed by atoms with Crippen LogP contribution in [0.5, 0.6) is 5.75 Å². The fourth-order valence-corrected chi connectivity index (χ4v) is 5.65. The van der Waals surface area contributed by atoms with Gasteiger partial charge >= 0.3 is 18.3 Å². The van der Waals surface area contributed by atoms with Crippen LogP contribution in [0.4, 0.5) is 25.8 Å². The SMILES string of the molecule is C=CCOC(=O)NCCCC[C@H](NC(=O)[C@H](Cc1c[nH]c2ccccc12)NC(=O)[C@@H](C)NC(=O)OCC=C)C(=O)Nc1ccc(COC(=O)Oc2ccc([N+](=O)[O-])cc2)cc1. The monoisotopic (exact) mass is 841 g/mol. The van der Waals surface area contributed by atoms with Crippen LogP contribution in [0.15, 0.2) is 104 Å². The van der Waals surface area contributed by atoms with E-state index in [9.17, 15) is 38.9 Å². The van der Waals surface area contributed by atoms with E-state index in [4.69, 9.17) is 18.9 Å². The second kappa shape index (κ2) is 23.6. The molecule has 0 aliphatic heterocycles. The van der Waals surface area contributed by atoms with Crippen molar-refractivity contribution in [3.63, 3.8) is 0 Å². The van der Waals surface area contributed by atoms with Crippen LogP contribution >= 0.6 is 0 Å². The lowest BCUT2D eigenvalue weighted by molar-refractivity contribution is -0.384. The summed E-state index contributed by atoms with van der Waals surface area (Å²) in [6.45, 7) is 8.40. The lowest BCUT2D eigenvalue weighted by Gasteiger charge is -2.24. The maximum atomic E-state index is 14.1. The molecule has 1 aromatic heterocycles. The zero-order chi connectivity index (χ0) is 44.1. The van der Waals surface area contributed by atoms with Crippen molar-refractivity contribution in [1.82, 2.24) is 26.3 Å². The standard InChI is InChI=1S/C42H47N7O12/c1-4-22-58-40(53)43-21-9-8-12-35(38(51)46-30-15-13-28(14-16-30)26-60-42(55)61-32-19-17-31(18-20-32)49(56)57)47-39(52)36(24-29-25-44-34-11-7-6-10-33(29)34)48-37(50)27(3)45-41(54)59-23-5-2/h4-7,10-11,13-20,25,27,35-36,44H,1-2,8-9,12,21-24,26H2,3H3,(H,43,53)(H,45,54)(H,46,51)(H,47,52)(H,48,50)/t27-,35+,36+/m1/s1. The van der Waals surface area contributed by atoms with Gasteiger partial charge in [-0.2, -0.15) is 0 Å². The van der Waals surface area contributed by atoms with E-state index in [0.29, 0.717) is 29.7 Å². The number of nitro benzene ring substituents is 1. The number of para-hydroxylation sites is 1. The maximum absolute atomic E-state index is 14.1. The molecule has 0 saturated heterocycles. The summed E-state index contributed by atoms with van der Waals surface area (Å²) in [6.07, 6.45) is 2.94. The molecule has 3 atom stereocenters. The molecule has 0 aliphatic rings. The van der Waals surface area contributed by atoms with Gasteiger partial charge in [0, 0.05) is 47.9 Å². The number of benzene rings is 3. The maximum Gasteiger partial charge on any atom is 0.514 e. The highest BCUT2D eigenvalue weighted by molar-refractivity contribution is 5.99. The summed E-state index contributed by atoms with van der Waals surface area (Å²) in [6, 6.07) is 15.2. The average molecular weight is 842 g/mol. The third-order valence-corrected chi connectivity index (χ3v) is 8.77. The van der Waals surface area contributed by atoms with E-state index >= 15 is 0 Å². The highest BCUT2D eigenvalue weighted by atomic mass is 16.7. The van der Waals surface area contributed by atoms with Crippen molar-refractivity contribution in [2.45, 2.75) is 57.3 Å². The Morgan fingerprint density at radius 2 is 1.46 bits per heavy atom. The summed E-state index contributed by atoms with van der Waals surface area (Å²) in [5, 5.41) is 24.9. The van der Waals surface area contributed by atoms with Crippen molar-refractivity contribution in [3.8, 4) is 5.75 Å². The molecule has 5 amide bonds. The number of hydrogen-bond donors (Lipinski definition) is 6. The van der Waals surface area contributed by atoms with Gasteiger partial charge in [-0.15, -0.1) is 0 Å². The second-order valence-electron chi connectivity index (χ2n) is 13.3. The molecule has 19 nitrogen and oxygen atoms in total. The van der Waals surface area contributed by atoms with Gasteiger partial charge in [-0.3, -0.25) is 24.5 Å². The molecule has 3 aromatic carbocycles. The van der Waals surface area contributed by atoms with E-state index in [2.05, 4.69) is 44.7 Å². The fraction of sp³-hybridized carbons (Fsp3) is 0.286. The number of fused-ring (bicyclic) bond motifs is 1. The number of alkyl carbamates (subject to hydrolysis) is 2. The summed E-state index contributed by atoms with van der Waals surface area (Å²) in [5.41, 5.74) is 2.23. The first-order valence-electron chi connectivity index (χ1n) is 19.1. The largest absolute Gasteiger partial charge is 0.514 e. The Kier molecular flexibility index (Phi) is 17.8. The number of unbranched alkanes of at least 4 members (excludes halogenated alkanes) is 1. The number of amides is 5. The van der Waals surface area contributed by atoms with Gasteiger partial charge in [0.05, 0.1) is 4.92 Å². The number of aromatic nitrogens is 1. The minimum absolute atomic E-state index is 0.0191. The molecule has 0 spiro atoms. The van der Waals surface area contributed by atoms with Crippen LogP contribution in [0, 0.1) is 10.1 Å². The molecule has 4 aromatic rings. The summed E-state index contributed by atoms with van der Waals surface area (Å²) in [7, 11) is 0. The summed E-state index contributed by atoms with van der Waals surface area (Å²) in [5.74, 6) is -1.90. The molecule has 4 rings (SSSR count). The molecule has 61 heavy (non-hydrogen) atoms. The highest BCUT2D eigenvalue weighted by Crippen LogP contribution is 2.21. The minimum Gasteiger partial charge on any atom is -0.445 e. The van der Waals surface area contributed by atoms with Crippen molar-refractivity contribution >= 4 is 58.3 Å². The number of carbonyl (C=O) groups is 6. The quantitative estimate of drug-likeness (QED) is 0.0112. The number of H-pyrrole nitrogens is 1. The summed E-state index contributed by atoms with van der Waals surface area (Å²) >= 11 is 0. The van der Waals surface area contributed by atoms with Gasteiger partial charge in [0.25, 0.3) is 5.69 Å². The molecule has 0 fully saturated rings. The number of ether oxygens (including phenoxy) is 4. The molecule has 0 radical (unpaired) electrons. The van der Waals surface area contributed by atoms with Crippen LogP contribution in [0.3, 0.4) is 0 Å². The molecule has 0 bridgehead atoms. The summed E-state index contributed by atoms with van der Waals surface area (Å²) in [4.78, 5) is 90.9. The topological polar surface area (TPSA) is 258 Å². The van der Waals surface area contributed by atoms with Crippen LogP contribution < -0.4 is 31.3 Å². The fourth-order valence-electron chi connectivity index (χ4n) is 5.65. The second-order valence-corrected chi connectivity index (χ2v) is 13.3. The van der Waals surface area contributed by atoms with E-state index in [1.807, 2.05) is 24.3 Å². The van der Waals surface area contributed by atoms with Gasteiger partial charge < -0.3 is 50.5 Å². The number of nitrogens with one attached hydrogen (secondary N) is 6. The number of rotatable bonds is 22. The number of carbonyl (C=O) groups excluding carboxylic acids is 6. The van der Waals surface area contributed by atoms with Crippen LogP contribution in [-0.2, 0) is 41.6 Å².